The third-order valence-electron chi connectivity index (χ3n) is 2.43. The molecule has 0 radical (unpaired) electrons. The summed E-state index contributed by atoms with van der Waals surface area (Å²) in [7, 11) is 5.40. The highest BCUT2D eigenvalue weighted by molar-refractivity contribution is 5.30. The lowest BCUT2D eigenvalue weighted by Gasteiger charge is -2.20. The van der Waals surface area contributed by atoms with Gasteiger partial charge in [-0.25, -0.2) is 4.39 Å². The van der Waals surface area contributed by atoms with Gasteiger partial charge in [0.05, 0.1) is 7.11 Å². The molecule has 3 heteroatoms. The van der Waals surface area contributed by atoms with E-state index in [1.54, 1.807) is 6.07 Å². The van der Waals surface area contributed by atoms with Gasteiger partial charge in [0.15, 0.2) is 11.6 Å². The number of methoxy groups -OCH3 is 1. The molecule has 0 fully saturated rings. The zero-order valence-electron chi connectivity index (χ0n) is 9.04. The van der Waals surface area contributed by atoms with Crippen LogP contribution in [0.1, 0.15) is 18.5 Å². The van der Waals surface area contributed by atoms with E-state index in [-0.39, 0.29) is 11.9 Å². The Bertz CT molecular complexity index is 312. The third-order valence-corrected chi connectivity index (χ3v) is 2.43. The smallest absolute Gasteiger partial charge is 0.165 e. The van der Waals surface area contributed by atoms with Crippen LogP contribution in [0.25, 0.3) is 0 Å². The predicted octanol–water partition coefficient (Wildman–Crippen LogP) is 2.46. The van der Waals surface area contributed by atoms with Crippen molar-refractivity contribution in [2.45, 2.75) is 13.0 Å². The molecule has 0 bridgehead atoms. The number of nitrogens with zero attached hydrogens (tertiary/aromatic N) is 1. The molecule has 0 aliphatic heterocycles. The Kier molecular flexibility index (Phi) is 3.47. The van der Waals surface area contributed by atoms with Gasteiger partial charge in [-0.15, -0.1) is 0 Å². The fraction of sp³-hybridized carbons (Fsp3) is 0.455. The highest BCUT2D eigenvalue weighted by Crippen LogP contribution is 2.23. The number of rotatable bonds is 3. The van der Waals surface area contributed by atoms with Gasteiger partial charge >= 0.3 is 0 Å². The van der Waals surface area contributed by atoms with Crippen LogP contribution in [0.3, 0.4) is 0 Å². The average Bonchev–Trinajstić information content (AvgIpc) is 2.16. The Hall–Kier alpha value is -1.09. The van der Waals surface area contributed by atoms with Gasteiger partial charge in [0.25, 0.3) is 0 Å². The molecule has 0 saturated heterocycles. The summed E-state index contributed by atoms with van der Waals surface area (Å²) in [5, 5.41) is 0. The molecule has 0 saturated carbocycles. The highest BCUT2D eigenvalue weighted by atomic mass is 19.1. The standard InChI is InChI=1S/C11H16FNO/c1-8(13(2)3)9-5-6-11(14-4)10(12)7-9/h5-8H,1-4H3. The van der Waals surface area contributed by atoms with Crippen LogP contribution in [0.2, 0.25) is 0 Å². The fourth-order valence-electron chi connectivity index (χ4n) is 1.24. The van der Waals surface area contributed by atoms with Crippen molar-refractivity contribution in [1.29, 1.82) is 0 Å². The minimum absolute atomic E-state index is 0.204. The summed E-state index contributed by atoms with van der Waals surface area (Å²) < 4.78 is 18.2. The summed E-state index contributed by atoms with van der Waals surface area (Å²) in [4.78, 5) is 2.03. The maximum Gasteiger partial charge on any atom is 0.165 e. The van der Waals surface area contributed by atoms with Crippen LogP contribution in [0.15, 0.2) is 18.2 Å². The molecule has 1 aromatic rings. The molecule has 1 rings (SSSR count). The van der Waals surface area contributed by atoms with E-state index in [9.17, 15) is 4.39 Å². The molecule has 0 spiro atoms. The van der Waals surface area contributed by atoms with Gasteiger partial charge in [-0.3, -0.25) is 0 Å². The van der Waals surface area contributed by atoms with Crippen molar-refractivity contribution in [3.05, 3.63) is 29.6 Å². The second-order valence-electron chi connectivity index (χ2n) is 3.53. The number of hydrogen-bond acceptors (Lipinski definition) is 2. The Morgan fingerprint density at radius 1 is 1.36 bits per heavy atom. The molecule has 78 valence electrons. The van der Waals surface area contributed by atoms with Crippen molar-refractivity contribution in [3.8, 4) is 5.75 Å². The lowest BCUT2D eigenvalue weighted by atomic mass is 10.1. The van der Waals surface area contributed by atoms with E-state index < -0.39 is 0 Å². The molecule has 0 aliphatic rings. The van der Waals surface area contributed by atoms with Crippen molar-refractivity contribution in [2.75, 3.05) is 21.2 Å². The lowest BCUT2D eigenvalue weighted by Crippen LogP contribution is -2.16. The van der Waals surface area contributed by atoms with Crippen LogP contribution >= 0.6 is 0 Å². The SMILES string of the molecule is COc1ccc(C(C)N(C)C)cc1F. The van der Waals surface area contributed by atoms with E-state index in [2.05, 4.69) is 0 Å². The highest BCUT2D eigenvalue weighted by Gasteiger charge is 2.10. The third kappa shape index (κ3) is 2.23. The van der Waals surface area contributed by atoms with Gasteiger partial charge in [-0.05, 0) is 38.7 Å². The van der Waals surface area contributed by atoms with Crippen LogP contribution in [-0.2, 0) is 0 Å². The number of benzene rings is 1. The molecule has 0 heterocycles. The molecular formula is C11H16FNO. The summed E-state index contributed by atoms with van der Waals surface area (Å²) in [5.74, 6) is -0.0154. The van der Waals surface area contributed by atoms with E-state index in [0.717, 1.165) is 5.56 Å². The van der Waals surface area contributed by atoms with E-state index in [0.29, 0.717) is 5.75 Å². The van der Waals surface area contributed by atoms with Crippen molar-refractivity contribution >= 4 is 0 Å². The fourth-order valence-corrected chi connectivity index (χ4v) is 1.24. The summed E-state index contributed by atoms with van der Waals surface area (Å²) in [6.07, 6.45) is 0. The van der Waals surface area contributed by atoms with Gasteiger partial charge in [-0.1, -0.05) is 6.07 Å². The number of halogens is 1. The maximum atomic E-state index is 13.3. The Morgan fingerprint density at radius 3 is 2.43 bits per heavy atom. The zero-order valence-corrected chi connectivity index (χ0v) is 9.04. The van der Waals surface area contributed by atoms with E-state index in [4.69, 9.17) is 4.74 Å². The predicted molar refractivity (Wildman–Crippen MR) is 55.1 cm³/mol. The van der Waals surface area contributed by atoms with E-state index in [1.165, 1.54) is 13.2 Å². The molecule has 1 atom stereocenters. The molecular weight excluding hydrogens is 181 g/mol. The molecule has 14 heavy (non-hydrogen) atoms. The first-order valence-electron chi connectivity index (χ1n) is 4.56. The first-order valence-corrected chi connectivity index (χ1v) is 4.56. The van der Waals surface area contributed by atoms with Crippen LogP contribution in [0.4, 0.5) is 4.39 Å². The van der Waals surface area contributed by atoms with Gasteiger partial charge in [0.2, 0.25) is 0 Å². The average molecular weight is 197 g/mol. The molecule has 1 aromatic carbocycles. The van der Waals surface area contributed by atoms with E-state index in [1.807, 2.05) is 32.0 Å². The summed E-state index contributed by atoms with van der Waals surface area (Å²) in [6, 6.07) is 5.26. The van der Waals surface area contributed by atoms with Crippen LogP contribution < -0.4 is 4.74 Å². The van der Waals surface area contributed by atoms with Crippen molar-refractivity contribution < 1.29 is 9.13 Å². The summed E-state index contributed by atoms with van der Waals surface area (Å²) >= 11 is 0. The van der Waals surface area contributed by atoms with Crippen molar-refractivity contribution in [1.82, 2.24) is 4.90 Å². The van der Waals surface area contributed by atoms with Gasteiger partial charge in [-0.2, -0.15) is 0 Å². The van der Waals surface area contributed by atoms with Gasteiger partial charge < -0.3 is 9.64 Å². The zero-order chi connectivity index (χ0) is 10.7. The Balaban J connectivity index is 2.96. The van der Waals surface area contributed by atoms with Crippen LogP contribution in [-0.4, -0.2) is 26.1 Å². The first kappa shape index (κ1) is 11.0. The van der Waals surface area contributed by atoms with Gasteiger partial charge in [0.1, 0.15) is 0 Å². The Morgan fingerprint density at radius 2 is 2.00 bits per heavy atom. The quantitative estimate of drug-likeness (QED) is 0.738. The second kappa shape index (κ2) is 4.42. The monoisotopic (exact) mass is 197 g/mol. The molecule has 0 N–H and O–H groups in total. The van der Waals surface area contributed by atoms with Gasteiger partial charge in [0, 0.05) is 6.04 Å². The number of ether oxygens (including phenoxy) is 1. The summed E-state index contributed by atoms with van der Waals surface area (Å²) in [6.45, 7) is 2.03. The van der Waals surface area contributed by atoms with E-state index >= 15 is 0 Å². The minimum atomic E-state index is -0.307. The first-order chi connectivity index (χ1) is 6.56. The maximum absolute atomic E-state index is 13.3. The minimum Gasteiger partial charge on any atom is -0.494 e. The summed E-state index contributed by atoms with van der Waals surface area (Å²) in [5.41, 5.74) is 0.952. The topological polar surface area (TPSA) is 12.5 Å². The van der Waals surface area contributed by atoms with Crippen molar-refractivity contribution in [2.24, 2.45) is 0 Å². The largest absolute Gasteiger partial charge is 0.494 e. The number of hydrogen-bond donors (Lipinski definition) is 0. The molecule has 0 aliphatic carbocycles. The Labute approximate surface area is 84.3 Å². The lowest BCUT2D eigenvalue weighted by molar-refractivity contribution is 0.319. The van der Waals surface area contributed by atoms with Crippen LogP contribution in [0, 0.1) is 5.82 Å². The molecule has 1 unspecified atom stereocenters. The van der Waals surface area contributed by atoms with Crippen LogP contribution in [0.5, 0.6) is 5.75 Å². The molecule has 0 aromatic heterocycles. The normalized spacial score (nSPS) is 13.0. The van der Waals surface area contributed by atoms with Crippen molar-refractivity contribution in [3.63, 3.8) is 0 Å². The molecule has 0 amide bonds. The second-order valence-corrected chi connectivity index (χ2v) is 3.53. The molecule has 2 nitrogen and oxygen atoms in total.